The van der Waals surface area contributed by atoms with Gasteiger partial charge in [-0.2, -0.15) is 0 Å². The van der Waals surface area contributed by atoms with Gasteiger partial charge in [-0.25, -0.2) is 33.7 Å². The molecule has 0 spiro atoms. The zero-order valence-corrected chi connectivity index (χ0v) is 89.0. The van der Waals surface area contributed by atoms with E-state index in [9.17, 15) is 51.9 Å². The van der Waals surface area contributed by atoms with Crippen LogP contribution in [0, 0.1) is 0 Å². The van der Waals surface area contributed by atoms with Crippen molar-refractivity contribution in [3.8, 4) is 0 Å². The average molecular weight is 2050 g/mol. The number of aryl methyl sites for hydroxylation is 8. The molecule has 724 valence electrons. The van der Waals surface area contributed by atoms with Crippen molar-refractivity contribution in [1.29, 1.82) is 0 Å². The van der Waals surface area contributed by atoms with Gasteiger partial charge in [0, 0.05) is 48.8 Å². The molecule has 0 aliphatic heterocycles. The Morgan fingerprint density at radius 3 is 0.442 bits per heavy atom. The van der Waals surface area contributed by atoms with Gasteiger partial charge in [-0.3, -0.25) is 0 Å². The molecule has 0 bridgehead atoms. The van der Waals surface area contributed by atoms with Crippen LogP contribution in [0.4, 0.5) is 0 Å². The van der Waals surface area contributed by atoms with Crippen LogP contribution in [0.5, 0.6) is 0 Å². The van der Waals surface area contributed by atoms with Gasteiger partial charge in [0.2, 0.25) is 0 Å². The monoisotopic (exact) mass is 2050 g/mol. The second kappa shape index (κ2) is 69.2. The van der Waals surface area contributed by atoms with Gasteiger partial charge in [0.05, 0.1) is 19.6 Å². The van der Waals surface area contributed by atoms with E-state index < -0.39 is 40.5 Å². The van der Waals surface area contributed by atoms with Crippen LogP contribution in [0.15, 0.2) is 141 Å². The number of hydrogen-bond acceptors (Lipinski definition) is 12. The van der Waals surface area contributed by atoms with Crippen LogP contribution in [-0.4, -0.2) is 79.2 Å². The summed E-state index contributed by atoms with van der Waals surface area (Å²) < 4.78 is 144. The molecule has 12 nitrogen and oxygen atoms in total. The molecule has 0 atom stereocenters. The van der Waals surface area contributed by atoms with Gasteiger partial charge in [0.25, 0.3) is 0 Å². The Hall–Kier alpha value is -4.64. The molecule has 4 radical (unpaired) electrons. The fraction of sp³-hybridized carbons (Fsp3) is 0.643. The van der Waals surface area contributed by atoms with Crippen LogP contribution in [-0.2, 0) is 91.8 Å². The first-order valence-corrected chi connectivity index (χ1v) is 57.6. The largest absolute Gasteiger partial charge is 0.744 e. The third-order valence-electron chi connectivity index (χ3n) is 26.2. The van der Waals surface area contributed by atoms with Gasteiger partial charge in [-0.15, -0.1) is 0 Å². The molecule has 8 aromatic carbocycles. The number of benzene rings is 8. The van der Waals surface area contributed by atoms with Crippen molar-refractivity contribution in [2.45, 2.75) is 486 Å². The third kappa shape index (κ3) is 45.7. The van der Waals surface area contributed by atoms with Crippen LogP contribution in [0.3, 0.4) is 0 Å². The molecular weight excluding hydrogens is 1870 g/mol. The third-order valence-corrected chi connectivity index (χ3v) is 29.8. The van der Waals surface area contributed by atoms with Crippen molar-refractivity contribution in [2.24, 2.45) is 0 Å². The molecule has 0 aromatic heterocycles. The first-order chi connectivity index (χ1) is 61.9. The van der Waals surface area contributed by atoms with Gasteiger partial charge in [-0.05, 0) is 193 Å². The number of rotatable bonds is 68. The van der Waals surface area contributed by atoms with E-state index >= 15 is 0 Å². The molecule has 129 heavy (non-hydrogen) atoms. The smallest absolute Gasteiger partial charge is 0.125 e. The SMILES string of the molecule is CCCCCCCCCc1ccc2cccc(S(=O)(=O)[O-])c2c1CCCCCCCCC.CCCCCCCCCc1ccc2cccc(S(=O)(=O)[O-])c2c1CCCCCCCCC.CCCCCCCCCc1ccc2cccc(S(=O)(=O)[O-])c2c1CCCCCCCCC.CCCCCCCCCc1ccc2cccc(S(=O)(=O)[O-])c2c1CCCCCCCCC.[Pb]. The van der Waals surface area contributed by atoms with E-state index in [1.165, 1.54) is 329 Å². The van der Waals surface area contributed by atoms with E-state index in [2.05, 4.69) is 79.7 Å². The van der Waals surface area contributed by atoms with Crippen molar-refractivity contribution in [2.75, 3.05) is 0 Å². The van der Waals surface area contributed by atoms with Crippen LogP contribution in [0.1, 0.15) is 459 Å². The molecule has 0 amide bonds. The Morgan fingerprint density at radius 1 is 0.171 bits per heavy atom. The number of fused-ring (bicyclic) bond motifs is 4. The molecular formula is C112H172O12PbS4-4. The van der Waals surface area contributed by atoms with Gasteiger partial charge >= 0.3 is 0 Å². The normalized spacial score (nSPS) is 11.9. The molecule has 0 aliphatic carbocycles. The Labute approximate surface area is 807 Å². The van der Waals surface area contributed by atoms with Crippen molar-refractivity contribution in [3.05, 3.63) is 166 Å². The Kier molecular flexibility index (Phi) is 62.6. The maximum atomic E-state index is 12.0. The van der Waals surface area contributed by atoms with Crippen molar-refractivity contribution in [1.82, 2.24) is 0 Å². The standard InChI is InChI=1S/4C28H44O3S.Pb/c4*1-3-5-7-9-11-13-15-18-24-22-23-25-19-17-21-27(32(29,30)31)28(25)26(24)20-16-14-12-10-8-6-4-2;/h4*17,19,21-23H,3-16,18,20H2,1-2H3,(H,29,30,31);/p-4. The maximum Gasteiger partial charge on any atom is 0.125 e. The molecule has 8 aromatic rings. The number of hydrogen-bond donors (Lipinski definition) is 0. The van der Waals surface area contributed by atoms with E-state index in [4.69, 9.17) is 0 Å². The summed E-state index contributed by atoms with van der Waals surface area (Å²) >= 11 is 0. The van der Waals surface area contributed by atoms with E-state index in [-0.39, 0.29) is 46.9 Å². The summed E-state index contributed by atoms with van der Waals surface area (Å²) in [6, 6.07) is 37.0. The molecule has 17 heteroatoms. The summed E-state index contributed by atoms with van der Waals surface area (Å²) in [7, 11) is -18.0. The molecule has 0 saturated carbocycles. The minimum Gasteiger partial charge on any atom is -0.744 e. The maximum absolute atomic E-state index is 12.0. The Balaban J connectivity index is 0.000000359. The molecule has 0 fully saturated rings. The van der Waals surface area contributed by atoms with Crippen LogP contribution >= 0.6 is 0 Å². The summed E-state index contributed by atoms with van der Waals surface area (Å²) in [5, 5.41) is 6.16. The molecule has 0 unspecified atom stereocenters. The summed E-state index contributed by atoms with van der Waals surface area (Å²) in [6.07, 6.45) is 76.7. The van der Waals surface area contributed by atoms with E-state index in [0.717, 1.165) is 172 Å². The van der Waals surface area contributed by atoms with Gasteiger partial charge in [-0.1, -0.05) is 461 Å². The fourth-order valence-electron chi connectivity index (χ4n) is 18.9. The zero-order valence-electron chi connectivity index (χ0n) is 81.8. The number of unbranched alkanes of at least 4 members (excludes halogenated alkanes) is 48. The van der Waals surface area contributed by atoms with Crippen molar-refractivity contribution < 1.29 is 51.9 Å². The molecule has 0 aliphatic rings. The predicted molar refractivity (Wildman–Crippen MR) is 547 cm³/mol. The molecule has 0 heterocycles. The van der Waals surface area contributed by atoms with Crippen LogP contribution in [0.25, 0.3) is 43.1 Å². The van der Waals surface area contributed by atoms with Crippen LogP contribution < -0.4 is 0 Å². The van der Waals surface area contributed by atoms with E-state index in [0.29, 0.717) is 21.5 Å². The first-order valence-electron chi connectivity index (χ1n) is 51.9. The summed E-state index contributed by atoms with van der Waals surface area (Å²) in [6.45, 7) is 17.9. The fourth-order valence-corrected chi connectivity index (χ4v) is 21.8. The minimum atomic E-state index is -4.50. The molecule has 0 saturated heterocycles. The molecule has 0 N–H and O–H groups in total. The second-order valence-corrected chi connectivity index (χ2v) is 42.4. The van der Waals surface area contributed by atoms with E-state index in [1.807, 2.05) is 48.5 Å². The van der Waals surface area contributed by atoms with Gasteiger partial charge < -0.3 is 18.2 Å². The molecule has 8 rings (SSSR count). The van der Waals surface area contributed by atoms with Crippen LogP contribution in [0.2, 0.25) is 0 Å². The topological polar surface area (TPSA) is 229 Å². The van der Waals surface area contributed by atoms with Crippen molar-refractivity contribution in [3.63, 3.8) is 0 Å². The summed E-state index contributed by atoms with van der Waals surface area (Å²) in [5.74, 6) is 0. The van der Waals surface area contributed by atoms with Gasteiger partial charge in [0.1, 0.15) is 40.5 Å². The Morgan fingerprint density at radius 2 is 0.302 bits per heavy atom. The van der Waals surface area contributed by atoms with E-state index in [1.54, 1.807) is 24.3 Å². The average Bonchev–Trinajstić information content (AvgIpc) is 0.787. The first kappa shape index (κ1) is 117. The second-order valence-electron chi connectivity index (χ2n) is 37.0. The quantitative estimate of drug-likeness (QED) is 0.0197. The van der Waals surface area contributed by atoms with Gasteiger partial charge in [0.15, 0.2) is 0 Å². The summed E-state index contributed by atoms with van der Waals surface area (Å²) in [5.41, 5.74) is 9.30. The summed E-state index contributed by atoms with van der Waals surface area (Å²) in [4.78, 5) is -0.188. The predicted octanol–water partition coefficient (Wildman–Crippen LogP) is 32.9. The van der Waals surface area contributed by atoms with Crippen molar-refractivity contribution >= 4 is 111 Å². The Bertz CT molecular complexity index is 4220. The minimum absolute atomic E-state index is 0. The zero-order chi connectivity index (χ0) is 92.9.